The van der Waals surface area contributed by atoms with Crippen molar-refractivity contribution in [2.75, 3.05) is 6.54 Å². The molecule has 1 aliphatic rings. The molecule has 0 aromatic rings. The zero-order chi connectivity index (χ0) is 18.8. The molecule has 0 aromatic heterocycles. The fraction of sp³-hybridized carbons (Fsp3) is 0.833. The van der Waals surface area contributed by atoms with Crippen LogP contribution in [0.2, 0.25) is 0 Å². The lowest BCUT2D eigenvalue weighted by Gasteiger charge is -2.36. The minimum absolute atomic E-state index is 0.0622. The third-order valence-corrected chi connectivity index (χ3v) is 4.76. The smallest absolute Gasteiger partial charge is 0.326 e. The van der Waals surface area contributed by atoms with Crippen LogP contribution >= 0.6 is 0 Å². The van der Waals surface area contributed by atoms with Gasteiger partial charge in [0.25, 0.3) is 0 Å². The van der Waals surface area contributed by atoms with E-state index in [-0.39, 0.29) is 29.6 Å². The van der Waals surface area contributed by atoms with Crippen molar-refractivity contribution in [1.82, 2.24) is 10.2 Å². The van der Waals surface area contributed by atoms with Gasteiger partial charge in [0.05, 0.1) is 0 Å². The second kappa shape index (κ2) is 7.53. The lowest BCUT2D eigenvalue weighted by Crippen LogP contribution is -2.58. The van der Waals surface area contributed by atoms with Gasteiger partial charge >= 0.3 is 5.97 Å². The molecule has 0 radical (unpaired) electrons. The lowest BCUT2D eigenvalue weighted by molar-refractivity contribution is -0.152. The van der Waals surface area contributed by atoms with Crippen molar-refractivity contribution in [3.63, 3.8) is 0 Å². The highest BCUT2D eigenvalue weighted by atomic mass is 16.4. The van der Waals surface area contributed by atoms with Crippen LogP contribution in [-0.2, 0) is 14.4 Å². The first-order valence-corrected chi connectivity index (χ1v) is 8.71. The number of carboxylic acids is 1. The molecule has 6 nitrogen and oxygen atoms in total. The van der Waals surface area contributed by atoms with Crippen LogP contribution in [0.3, 0.4) is 0 Å². The quantitative estimate of drug-likeness (QED) is 0.803. The number of aliphatic carboxylic acids is 1. The molecule has 0 aromatic carbocycles. The molecule has 1 aliphatic heterocycles. The van der Waals surface area contributed by atoms with Gasteiger partial charge in [0, 0.05) is 12.5 Å². The Morgan fingerprint density at radius 3 is 2.04 bits per heavy atom. The molecule has 0 unspecified atom stereocenters. The maximum atomic E-state index is 13.1. The van der Waals surface area contributed by atoms with Gasteiger partial charge in [0.1, 0.15) is 12.1 Å². The van der Waals surface area contributed by atoms with Crippen molar-refractivity contribution in [3.8, 4) is 0 Å². The first kappa shape index (κ1) is 20.5. The number of likely N-dealkylation sites (tertiary alicyclic amines) is 1. The average Bonchev–Trinajstić information content (AvgIpc) is 2.87. The largest absolute Gasteiger partial charge is 0.480 e. The second-order valence-electron chi connectivity index (χ2n) is 8.47. The summed E-state index contributed by atoms with van der Waals surface area (Å²) in [7, 11) is 0. The number of carboxylic acid groups (broad SMARTS) is 1. The first-order chi connectivity index (χ1) is 10.9. The predicted molar refractivity (Wildman–Crippen MR) is 92.3 cm³/mol. The minimum Gasteiger partial charge on any atom is -0.480 e. The van der Waals surface area contributed by atoms with E-state index in [2.05, 4.69) is 5.32 Å². The van der Waals surface area contributed by atoms with Gasteiger partial charge < -0.3 is 15.3 Å². The molecule has 0 saturated carbocycles. The number of amides is 2. The highest BCUT2D eigenvalue weighted by Crippen LogP contribution is 2.33. The molecule has 0 aliphatic carbocycles. The normalized spacial score (nSPS) is 22.8. The summed E-state index contributed by atoms with van der Waals surface area (Å²) in [6.07, 6.45) is 0.676. The van der Waals surface area contributed by atoms with E-state index in [1.807, 2.05) is 34.6 Å². The Labute approximate surface area is 145 Å². The van der Waals surface area contributed by atoms with E-state index in [1.54, 1.807) is 13.8 Å². The van der Waals surface area contributed by atoms with Crippen molar-refractivity contribution in [2.45, 2.75) is 67.0 Å². The Morgan fingerprint density at radius 2 is 1.67 bits per heavy atom. The topological polar surface area (TPSA) is 86.7 Å². The van der Waals surface area contributed by atoms with Crippen LogP contribution in [0, 0.1) is 23.2 Å². The summed E-state index contributed by atoms with van der Waals surface area (Å²) in [5.74, 6) is -1.58. The minimum atomic E-state index is -0.970. The van der Waals surface area contributed by atoms with Gasteiger partial charge in [-0.3, -0.25) is 9.59 Å². The summed E-state index contributed by atoms with van der Waals surface area (Å²) in [6.45, 7) is 13.6. The summed E-state index contributed by atoms with van der Waals surface area (Å²) in [5, 5.41) is 12.4. The number of rotatable bonds is 5. The van der Waals surface area contributed by atoms with Gasteiger partial charge in [-0.05, 0) is 23.7 Å². The standard InChI is InChI=1S/C18H32N2O4/c1-10(2)12-8-9-20(13(12)17(23)24)16(22)14(18(5,6)7)19-15(21)11(3)4/h10-14H,8-9H2,1-7H3,(H,19,21)(H,23,24)/t12-,13+,14-/m1/s1. The van der Waals surface area contributed by atoms with Crippen LogP contribution in [0.4, 0.5) is 0 Å². The number of hydrogen-bond acceptors (Lipinski definition) is 3. The average molecular weight is 340 g/mol. The van der Waals surface area contributed by atoms with Gasteiger partial charge in [-0.25, -0.2) is 4.79 Å². The summed E-state index contributed by atoms with van der Waals surface area (Å²) >= 11 is 0. The molecule has 1 fully saturated rings. The van der Waals surface area contributed by atoms with Gasteiger partial charge in [0.15, 0.2) is 0 Å². The summed E-state index contributed by atoms with van der Waals surface area (Å²) in [6, 6.07) is -1.56. The molecule has 1 rings (SSSR count). The molecular formula is C18H32N2O4. The highest BCUT2D eigenvalue weighted by Gasteiger charge is 2.47. The molecule has 24 heavy (non-hydrogen) atoms. The number of nitrogens with zero attached hydrogens (tertiary/aromatic N) is 1. The Balaban J connectivity index is 3.09. The van der Waals surface area contributed by atoms with E-state index in [0.717, 1.165) is 0 Å². The molecule has 138 valence electrons. The van der Waals surface area contributed by atoms with E-state index in [9.17, 15) is 19.5 Å². The van der Waals surface area contributed by atoms with E-state index in [0.29, 0.717) is 13.0 Å². The van der Waals surface area contributed by atoms with Crippen LogP contribution < -0.4 is 5.32 Å². The maximum Gasteiger partial charge on any atom is 0.326 e. The molecule has 3 atom stereocenters. The SMILES string of the molecule is CC(C)C(=O)N[C@H](C(=O)N1CC[C@H](C(C)C)[C@H]1C(=O)O)C(C)(C)C. The monoisotopic (exact) mass is 340 g/mol. The van der Waals surface area contributed by atoms with Crippen LogP contribution in [0.25, 0.3) is 0 Å². The van der Waals surface area contributed by atoms with Crippen molar-refractivity contribution in [2.24, 2.45) is 23.2 Å². The number of hydrogen-bond donors (Lipinski definition) is 2. The summed E-state index contributed by atoms with van der Waals surface area (Å²) < 4.78 is 0. The number of nitrogens with one attached hydrogen (secondary N) is 1. The lowest BCUT2D eigenvalue weighted by atomic mass is 9.84. The van der Waals surface area contributed by atoms with Crippen molar-refractivity contribution in [3.05, 3.63) is 0 Å². The van der Waals surface area contributed by atoms with Crippen LogP contribution in [0.1, 0.15) is 54.9 Å². The van der Waals surface area contributed by atoms with Gasteiger partial charge in [-0.1, -0.05) is 48.5 Å². The molecule has 6 heteroatoms. The molecule has 1 saturated heterocycles. The van der Waals surface area contributed by atoms with Gasteiger partial charge in [-0.15, -0.1) is 0 Å². The summed E-state index contributed by atoms with van der Waals surface area (Å²) in [5.41, 5.74) is -0.499. The molecule has 2 amide bonds. The Hall–Kier alpha value is -1.59. The van der Waals surface area contributed by atoms with Crippen LogP contribution in [0.15, 0.2) is 0 Å². The third-order valence-electron chi connectivity index (χ3n) is 4.76. The van der Waals surface area contributed by atoms with Crippen molar-refractivity contribution in [1.29, 1.82) is 0 Å². The van der Waals surface area contributed by atoms with Crippen molar-refractivity contribution >= 4 is 17.8 Å². The number of carbonyl (C=O) groups excluding carboxylic acids is 2. The second-order valence-corrected chi connectivity index (χ2v) is 8.47. The van der Waals surface area contributed by atoms with Gasteiger partial charge in [-0.2, -0.15) is 0 Å². The number of carbonyl (C=O) groups is 3. The predicted octanol–water partition coefficient (Wildman–Crippen LogP) is 2.13. The first-order valence-electron chi connectivity index (χ1n) is 8.71. The fourth-order valence-electron chi connectivity index (χ4n) is 3.20. The molecular weight excluding hydrogens is 308 g/mol. The van der Waals surface area contributed by atoms with Crippen LogP contribution in [0.5, 0.6) is 0 Å². The molecule has 1 heterocycles. The molecule has 0 bridgehead atoms. The Bertz CT molecular complexity index is 494. The zero-order valence-corrected chi connectivity index (χ0v) is 15.9. The molecule has 0 spiro atoms. The zero-order valence-electron chi connectivity index (χ0n) is 15.9. The maximum absolute atomic E-state index is 13.1. The van der Waals surface area contributed by atoms with E-state index in [1.165, 1.54) is 4.90 Å². The van der Waals surface area contributed by atoms with Crippen molar-refractivity contribution < 1.29 is 19.5 Å². The summed E-state index contributed by atoms with van der Waals surface area (Å²) in [4.78, 5) is 38.4. The molecule has 2 N–H and O–H groups in total. The Kier molecular flexibility index (Phi) is 6.42. The fourth-order valence-corrected chi connectivity index (χ4v) is 3.20. The van der Waals surface area contributed by atoms with E-state index in [4.69, 9.17) is 0 Å². The highest BCUT2D eigenvalue weighted by molar-refractivity contribution is 5.92. The Morgan fingerprint density at radius 1 is 1.12 bits per heavy atom. The van der Waals surface area contributed by atoms with Crippen LogP contribution in [-0.4, -0.2) is 46.4 Å². The van der Waals surface area contributed by atoms with E-state index < -0.39 is 23.5 Å². The van der Waals surface area contributed by atoms with E-state index >= 15 is 0 Å². The third kappa shape index (κ3) is 4.48. The van der Waals surface area contributed by atoms with Gasteiger partial charge in [0.2, 0.25) is 11.8 Å².